The number of alkyl halides is 3. The average molecular weight is 205 g/mol. The first kappa shape index (κ1) is 10.8. The SMILES string of the molecule is CC(O)(c1ccccc1N)C(F)(F)F. The van der Waals surface area contributed by atoms with Crippen LogP contribution in [0.1, 0.15) is 12.5 Å². The molecular weight excluding hydrogens is 195 g/mol. The zero-order chi connectivity index (χ0) is 11.0. The van der Waals surface area contributed by atoms with Crippen LogP contribution in [0.5, 0.6) is 0 Å². The van der Waals surface area contributed by atoms with E-state index in [4.69, 9.17) is 5.73 Å². The van der Waals surface area contributed by atoms with Crippen molar-refractivity contribution in [3.05, 3.63) is 29.8 Å². The van der Waals surface area contributed by atoms with E-state index < -0.39 is 11.8 Å². The van der Waals surface area contributed by atoms with Crippen molar-refractivity contribution in [3.63, 3.8) is 0 Å². The lowest BCUT2D eigenvalue weighted by atomic mass is 9.94. The zero-order valence-corrected chi connectivity index (χ0v) is 7.47. The Labute approximate surface area is 79.2 Å². The molecule has 3 N–H and O–H groups in total. The highest BCUT2D eigenvalue weighted by Gasteiger charge is 2.51. The van der Waals surface area contributed by atoms with Crippen molar-refractivity contribution in [1.82, 2.24) is 0 Å². The number of halogens is 3. The van der Waals surface area contributed by atoms with Crippen LogP contribution in [0.3, 0.4) is 0 Å². The molecule has 0 radical (unpaired) electrons. The van der Waals surface area contributed by atoms with Crippen LogP contribution in [-0.2, 0) is 5.60 Å². The van der Waals surface area contributed by atoms with E-state index in [2.05, 4.69) is 0 Å². The molecule has 1 rings (SSSR count). The molecule has 0 saturated heterocycles. The highest BCUT2D eigenvalue weighted by atomic mass is 19.4. The molecule has 5 heteroatoms. The van der Waals surface area contributed by atoms with Gasteiger partial charge in [0, 0.05) is 11.3 Å². The van der Waals surface area contributed by atoms with Crippen molar-refractivity contribution >= 4 is 5.69 Å². The fourth-order valence-electron chi connectivity index (χ4n) is 1.09. The van der Waals surface area contributed by atoms with Crippen molar-refractivity contribution in [1.29, 1.82) is 0 Å². The summed E-state index contributed by atoms with van der Waals surface area (Å²) in [5.41, 5.74) is 2.04. The zero-order valence-electron chi connectivity index (χ0n) is 7.47. The second kappa shape index (κ2) is 3.16. The maximum Gasteiger partial charge on any atom is 0.421 e. The van der Waals surface area contributed by atoms with Gasteiger partial charge in [-0.2, -0.15) is 13.2 Å². The molecule has 0 bridgehead atoms. The van der Waals surface area contributed by atoms with E-state index in [9.17, 15) is 18.3 Å². The highest BCUT2D eigenvalue weighted by Crippen LogP contribution is 2.40. The van der Waals surface area contributed by atoms with Crippen LogP contribution in [0.2, 0.25) is 0 Å². The summed E-state index contributed by atoms with van der Waals surface area (Å²) < 4.78 is 37.2. The third-order valence-corrected chi connectivity index (χ3v) is 2.04. The van der Waals surface area contributed by atoms with Gasteiger partial charge in [0.2, 0.25) is 0 Å². The molecule has 78 valence electrons. The van der Waals surface area contributed by atoms with Crippen LogP contribution < -0.4 is 5.73 Å². The Balaban J connectivity index is 3.23. The summed E-state index contributed by atoms with van der Waals surface area (Å²) in [4.78, 5) is 0. The van der Waals surface area contributed by atoms with Crippen molar-refractivity contribution in [2.75, 3.05) is 5.73 Å². The Morgan fingerprint density at radius 2 is 1.71 bits per heavy atom. The van der Waals surface area contributed by atoms with Gasteiger partial charge in [-0.1, -0.05) is 18.2 Å². The van der Waals surface area contributed by atoms with Gasteiger partial charge in [-0.25, -0.2) is 0 Å². The summed E-state index contributed by atoms with van der Waals surface area (Å²) in [6, 6.07) is 5.37. The highest BCUT2D eigenvalue weighted by molar-refractivity contribution is 5.49. The number of hydrogen-bond donors (Lipinski definition) is 2. The van der Waals surface area contributed by atoms with E-state index in [0.29, 0.717) is 6.92 Å². The van der Waals surface area contributed by atoms with Gasteiger partial charge in [0.1, 0.15) is 0 Å². The summed E-state index contributed by atoms with van der Waals surface area (Å²) in [6.45, 7) is 0.679. The largest absolute Gasteiger partial charge is 0.421 e. The molecule has 2 nitrogen and oxygen atoms in total. The molecule has 0 aliphatic heterocycles. The second-order valence-corrected chi connectivity index (χ2v) is 3.16. The maximum absolute atomic E-state index is 12.4. The molecule has 1 unspecified atom stereocenters. The van der Waals surface area contributed by atoms with Gasteiger partial charge in [0.25, 0.3) is 0 Å². The Bertz CT molecular complexity index is 333. The van der Waals surface area contributed by atoms with Crippen LogP contribution >= 0.6 is 0 Å². The number of nitrogens with two attached hydrogens (primary N) is 1. The molecule has 0 spiro atoms. The molecule has 0 amide bonds. The average Bonchev–Trinajstić information content (AvgIpc) is 2.02. The van der Waals surface area contributed by atoms with E-state index in [1.165, 1.54) is 18.2 Å². The lowest BCUT2D eigenvalue weighted by Crippen LogP contribution is -2.39. The molecule has 0 saturated carbocycles. The van der Waals surface area contributed by atoms with Gasteiger partial charge in [0.05, 0.1) is 0 Å². The molecule has 1 aromatic carbocycles. The summed E-state index contributed by atoms with van der Waals surface area (Å²) in [5, 5.41) is 9.30. The molecule has 0 aromatic heterocycles. The van der Waals surface area contributed by atoms with Gasteiger partial charge in [-0.05, 0) is 13.0 Å². The first-order chi connectivity index (χ1) is 6.27. The monoisotopic (exact) mass is 205 g/mol. The standard InChI is InChI=1S/C9H10F3NO/c1-8(14,9(10,11)12)6-4-2-3-5-7(6)13/h2-5,14H,13H2,1H3. The minimum Gasteiger partial charge on any atom is -0.398 e. The van der Waals surface area contributed by atoms with Crippen molar-refractivity contribution in [2.45, 2.75) is 18.7 Å². The van der Waals surface area contributed by atoms with Crippen LogP contribution in [0, 0.1) is 0 Å². The quantitative estimate of drug-likeness (QED) is 0.689. The third-order valence-electron chi connectivity index (χ3n) is 2.04. The van der Waals surface area contributed by atoms with E-state index >= 15 is 0 Å². The summed E-state index contributed by atoms with van der Waals surface area (Å²) in [6.07, 6.45) is -4.73. The topological polar surface area (TPSA) is 46.2 Å². The lowest BCUT2D eigenvalue weighted by Gasteiger charge is -2.27. The third kappa shape index (κ3) is 1.68. The smallest absolute Gasteiger partial charge is 0.398 e. The normalized spacial score (nSPS) is 16.4. The number of benzene rings is 1. The number of para-hydroxylation sites is 1. The number of anilines is 1. The number of aliphatic hydroxyl groups is 1. The van der Waals surface area contributed by atoms with Gasteiger partial charge < -0.3 is 10.8 Å². The van der Waals surface area contributed by atoms with E-state index in [1.54, 1.807) is 0 Å². The number of hydrogen-bond acceptors (Lipinski definition) is 2. The van der Waals surface area contributed by atoms with E-state index in [-0.39, 0.29) is 11.3 Å². The van der Waals surface area contributed by atoms with E-state index in [0.717, 1.165) is 6.07 Å². The van der Waals surface area contributed by atoms with Crippen LogP contribution in [0.15, 0.2) is 24.3 Å². The first-order valence-corrected chi connectivity index (χ1v) is 3.91. The Morgan fingerprint density at radius 3 is 2.14 bits per heavy atom. The molecule has 14 heavy (non-hydrogen) atoms. The minimum atomic E-state index is -4.73. The number of rotatable bonds is 1. The van der Waals surface area contributed by atoms with Gasteiger partial charge >= 0.3 is 6.18 Å². The van der Waals surface area contributed by atoms with Crippen molar-refractivity contribution in [2.24, 2.45) is 0 Å². The molecule has 0 aliphatic carbocycles. The van der Waals surface area contributed by atoms with Crippen LogP contribution in [-0.4, -0.2) is 11.3 Å². The Morgan fingerprint density at radius 1 is 1.21 bits per heavy atom. The van der Waals surface area contributed by atoms with Gasteiger partial charge in [0.15, 0.2) is 5.60 Å². The summed E-state index contributed by atoms with van der Waals surface area (Å²) in [7, 11) is 0. The Hall–Kier alpha value is -1.23. The lowest BCUT2D eigenvalue weighted by molar-refractivity contribution is -0.258. The fraction of sp³-hybridized carbons (Fsp3) is 0.333. The summed E-state index contributed by atoms with van der Waals surface area (Å²) >= 11 is 0. The first-order valence-electron chi connectivity index (χ1n) is 3.91. The minimum absolute atomic E-state index is 0.0742. The van der Waals surface area contributed by atoms with Gasteiger partial charge in [-0.15, -0.1) is 0 Å². The molecule has 0 aliphatic rings. The molecule has 0 heterocycles. The van der Waals surface area contributed by atoms with Gasteiger partial charge in [-0.3, -0.25) is 0 Å². The van der Waals surface area contributed by atoms with E-state index in [1.807, 2.05) is 0 Å². The fourth-order valence-corrected chi connectivity index (χ4v) is 1.09. The number of nitrogen functional groups attached to an aromatic ring is 1. The van der Waals surface area contributed by atoms with Crippen molar-refractivity contribution in [3.8, 4) is 0 Å². The molecule has 1 atom stereocenters. The predicted octanol–water partition coefficient (Wildman–Crippen LogP) is 2.04. The second-order valence-electron chi connectivity index (χ2n) is 3.16. The Kier molecular flexibility index (Phi) is 2.45. The van der Waals surface area contributed by atoms with Crippen LogP contribution in [0.25, 0.3) is 0 Å². The van der Waals surface area contributed by atoms with Crippen molar-refractivity contribution < 1.29 is 18.3 Å². The molecular formula is C9H10F3NO. The van der Waals surface area contributed by atoms with Crippen LogP contribution in [0.4, 0.5) is 18.9 Å². The molecule has 1 aromatic rings. The predicted molar refractivity (Wildman–Crippen MR) is 46.5 cm³/mol. The summed E-state index contributed by atoms with van der Waals surface area (Å²) in [5.74, 6) is 0. The molecule has 0 fully saturated rings. The maximum atomic E-state index is 12.4.